The number of nitrogens with zero attached hydrogens (tertiary/aromatic N) is 1. The molecule has 0 aliphatic carbocycles. The van der Waals surface area contributed by atoms with Crippen LogP contribution in [0, 0.1) is 0 Å². The summed E-state index contributed by atoms with van der Waals surface area (Å²) in [5, 5.41) is 0.515. The van der Waals surface area contributed by atoms with E-state index < -0.39 is 10.0 Å². The smallest absolute Gasteiger partial charge is 0.305 e. The van der Waals surface area contributed by atoms with Crippen molar-refractivity contribution < 1.29 is 22.7 Å². The first-order valence-corrected chi connectivity index (χ1v) is 11.5. The molecule has 0 fully saturated rings. The van der Waals surface area contributed by atoms with Crippen LogP contribution >= 0.6 is 11.6 Å². The van der Waals surface area contributed by atoms with Gasteiger partial charge in [-0.15, -0.1) is 0 Å². The molecule has 0 atom stereocenters. The Morgan fingerprint density at radius 1 is 1.00 bits per heavy atom. The lowest BCUT2D eigenvalue weighted by Gasteiger charge is -2.08. The molecule has 1 N–H and O–H groups in total. The summed E-state index contributed by atoms with van der Waals surface area (Å²) in [6, 6.07) is 13.9. The van der Waals surface area contributed by atoms with E-state index in [1.807, 2.05) is 12.1 Å². The summed E-state index contributed by atoms with van der Waals surface area (Å²) in [4.78, 5) is 16.4. The van der Waals surface area contributed by atoms with E-state index in [9.17, 15) is 13.2 Å². The van der Waals surface area contributed by atoms with E-state index in [1.165, 1.54) is 0 Å². The van der Waals surface area contributed by atoms with Crippen LogP contribution in [0.2, 0.25) is 5.02 Å². The number of hydrogen-bond acceptors (Lipinski definition) is 6. The van der Waals surface area contributed by atoms with Gasteiger partial charge in [-0.1, -0.05) is 42.3 Å². The third-order valence-electron chi connectivity index (χ3n) is 4.41. The van der Waals surface area contributed by atoms with Crippen molar-refractivity contribution >= 4 is 33.4 Å². The number of amidine groups is 1. The molecule has 1 heterocycles. The zero-order valence-electron chi connectivity index (χ0n) is 16.3. The van der Waals surface area contributed by atoms with Gasteiger partial charge in [-0.3, -0.25) is 14.5 Å². The van der Waals surface area contributed by atoms with Crippen molar-refractivity contribution in [2.45, 2.75) is 30.6 Å². The summed E-state index contributed by atoms with van der Waals surface area (Å²) < 4.78 is 37.1. The molecule has 0 aromatic heterocycles. The largest absolute Gasteiger partial charge is 0.488 e. The number of aliphatic imine (C=N–C) groups is 1. The lowest BCUT2D eigenvalue weighted by Crippen LogP contribution is -2.22. The Bertz CT molecular complexity index is 1020. The number of carbonyl (C=O) groups is 1. The summed E-state index contributed by atoms with van der Waals surface area (Å²) in [5.74, 6) is 0.661. The fraction of sp³-hybridized carbons (Fsp3) is 0.333. The third-order valence-corrected chi connectivity index (χ3v) is 6.12. The monoisotopic (exact) mass is 450 g/mol. The zero-order chi connectivity index (χ0) is 21.4. The molecule has 3 rings (SSSR count). The van der Waals surface area contributed by atoms with E-state index in [0.717, 1.165) is 12.8 Å². The molecule has 0 amide bonds. The molecule has 2 aromatic carbocycles. The van der Waals surface area contributed by atoms with Crippen LogP contribution in [-0.2, 0) is 19.6 Å². The molecular formula is C21H23ClN2O5S. The lowest BCUT2D eigenvalue weighted by atomic mass is 10.2. The lowest BCUT2D eigenvalue weighted by molar-refractivity contribution is -0.144. The van der Waals surface area contributed by atoms with Gasteiger partial charge < -0.3 is 9.47 Å². The number of esters is 1. The number of fused-ring (bicyclic) bond motifs is 1. The fourth-order valence-electron chi connectivity index (χ4n) is 2.94. The second kappa shape index (κ2) is 10.4. The van der Waals surface area contributed by atoms with Crippen LogP contribution in [0.15, 0.2) is 58.4 Å². The summed E-state index contributed by atoms with van der Waals surface area (Å²) in [6.07, 6.45) is 2.53. The van der Waals surface area contributed by atoms with Gasteiger partial charge in [0.25, 0.3) is 10.0 Å². The van der Waals surface area contributed by atoms with Crippen LogP contribution in [0.4, 0.5) is 0 Å². The van der Waals surface area contributed by atoms with Crippen molar-refractivity contribution in [3.63, 3.8) is 0 Å². The van der Waals surface area contributed by atoms with E-state index in [1.54, 1.807) is 36.4 Å². The highest BCUT2D eigenvalue weighted by molar-refractivity contribution is 7.90. The molecule has 0 saturated carbocycles. The van der Waals surface area contributed by atoms with Gasteiger partial charge in [0, 0.05) is 18.5 Å². The molecule has 1 aliphatic rings. The Balaban J connectivity index is 1.29. The minimum Gasteiger partial charge on any atom is -0.488 e. The highest BCUT2D eigenvalue weighted by Gasteiger charge is 2.29. The number of sulfonamides is 1. The number of para-hydroxylation sites is 1. The van der Waals surface area contributed by atoms with Gasteiger partial charge in [0.2, 0.25) is 0 Å². The maximum absolute atomic E-state index is 12.0. The Morgan fingerprint density at radius 2 is 1.77 bits per heavy atom. The molecule has 30 heavy (non-hydrogen) atoms. The number of carbonyl (C=O) groups excluding carboxylic acids is 1. The van der Waals surface area contributed by atoms with E-state index in [0.29, 0.717) is 41.6 Å². The van der Waals surface area contributed by atoms with Gasteiger partial charge >= 0.3 is 5.97 Å². The van der Waals surface area contributed by atoms with Crippen LogP contribution in [0.5, 0.6) is 5.75 Å². The SMILES string of the molecule is O=C(CCCCCN=C1NS(=O)(=O)c2ccccc21)OCCOc1ccccc1Cl. The average molecular weight is 451 g/mol. The average Bonchev–Trinajstić information content (AvgIpc) is 2.99. The molecule has 7 nitrogen and oxygen atoms in total. The highest BCUT2D eigenvalue weighted by Crippen LogP contribution is 2.23. The first kappa shape index (κ1) is 22.1. The number of nitrogens with one attached hydrogen (secondary N) is 1. The van der Waals surface area contributed by atoms with E-state index in [-0.39, 0.29) is 24.1 Å². The van der Waals surface area contributed by atoms with Crippen molar-refractivity contribution in [3.8, 4) is 5.75 Å². The Morgan fingerprint density at radius 3 is 2.60 bits per heavy atom. The van der Waals surface area contributed by atoms with E-state index in [2.05, 4.69) is 9.71 Å². The predicted octanol–water partition coefficient (Wildman–Crippen LogP) is 3.56. The number of benzene rings is 2. The standard InChI is InChI=1S/C21H23ClN2O5S/c22-17-9-4-5-10-18(17)28-14-15-29-20(25)12-2-1-7-13-23-21-16-8-3-6-11-19(16)30(26,27)24-21/h3-6,8-11H,1-2,7,12-15H2,(H,23,24). The number of rotatable bonds is 10. The minimum absolute atomic E-state index is 0.164. The van der Waals surface area contributed by atoms with Crippen molar-refractivity contribution in [3.05, 3.63) is 59.1 Å². The first-order valence-electron chi connectivity index (χ1n) is 9.67. The van der Waals surface area contributed by atoms with Gasteiger partial charge in [-0.25, -0.2) is 8.42 Å². The van der Waals surface area contributed by atoms with Crippen LogP contribution in [0.1, 0.15) is 31.2 Å². The van der Waals surface area contributed by atoms with Gasteiger partial charge in [-0.05, 0) is 37.1 Å². The minimum atomic E-state index is -3.50. The third kappa shape index (κ3) is 5.96. The molecule has 9 heteroatoms. The molecule has 0 bridgehead atoms. The molecule has 0 spiro atoms. The zero-order valence-corrected chi connectivity index (χ0v) is 17.9. The maximum Gasteiger partial charge on any atom is 0.305 e. The molecule has 1 aliphatic heterocycles. The number of halogens is 1. The maximum atomic E-state index is 12.0. The summed E-state index contributed by atoms with van der Waals surface area (Å²) in [7, 11) is -3.50. The van der Waals surface area contributed by atoms with Crippen LogP contribution in [-0.4, -0.2) is 40.0 Å². The first-order chi connectivity index (χ1) is 14.5. The van der Waals surface area contributed by atoms with Crippen molar-refractivity contribution in [1.82, 2.24) is 4.72 Å². The fourth-order valence-corrected chi connectivity index (χ4v) is 4.38. The summed E-state index contributed by atoms with van der Waals surface area (Å²) >= 11 is 5.98. The Kier molecular flexibility index (Phi) is 7.70. The normalized spacial score (nSPS) is 15.4. The molecule has 160 valence electrons. The summed E-state index contributed by atoms with van der Waals surface area (Å²) in [5.41, 5.74) is 0.597. The Labute approximate surface area is 181 Å². The number of unbranched alkanes of at least 4 members (excludes halogenated alkanes) is 2. The summed E-state index contributed by atoms with van der Waals surface area (Å²) in [6.45, 7) is 0.883. The molecule has 0 radical (unpaired) electrons. The van der Waals surface area contributed by atoms with Crippen LogP contribution in [0.3, 0.4) is 0 Å². The van der Waals surface area contributed by atoms with Gasteiger partial charge in [-0.2, -0.15) is 0 Å². The Hall–Kier alpha value is -2.58. The highest BCUT2D eigenvalue weighted by atomic mass is 35.5. The predicted molar refractivity (Wildman–Crippen MR) is 115 cm³/mol. The van der Waals surface area contributed by atoms with Crippen LogP contribution in [0.25, 0.3) is 0 Å². The topological polar surface area (TPSA) is 94.1 Å². The molecule has 0 saturated heterocycles. The van der Waals surface area contributed by atoms with Gasteiger partial charge in [0.15, 0.2) is 0 Å². The van der Waals surface area contributed by atoms with Crippen molar-refractivity contribution in [2.24, 2.45) is 4.99 Å². The van der Waals surface area contributed by atoms with Gasteiger partial charge in [0.1, 0.15) is 24.8 Å². The van der Waals surface area contributed by atoms with Gasteiger partial charge in [0.05, 0.1) is 9.92 Å². The molecule has 2 aromatic rings. The second-order valence-electron chi connectivity index (χ2n) is 6.64. The second-order valence-corrected chi connectivity index (χ2v) is 8.70. The number of ether oxygens (including phenoxy) is 2. The number of hydrogen-bond donors (Lipinski definition) is 1. The van der Waals surface area contributed by atoms with Crippen molar-refractivity contribution in [2.75, 3.05) is 19.8 Å². The van der Waals surface area contributed by atoms with Crippen molar-refractivity contribution in [1.29, 1.82) is 0 Å². The van der Waals surface area contributed by atoms with Crippen LogP contribution < -0.4 is 9.46 Å². The van der Waals surface area contributed by atoms with E-state index in [4.69, 9.17) is 21.1 Å². The quantitative estimate of drug-likeness (QED) is 0.441. The molecule has 0 unspecified atom stereocenters. The molecular weight excluding hydrogens is 428 g/mol. The van der Waals surface area contributed by atoms with E-state index >= 15 is 0 Å².